The van der Waals surface area contributed by atoms with Gasteiger partial charge in [-0.2, -0.15) is 13.2 Å². The molecule has 20 heavy (non-hydrogen) atoms. The fourth-order valence-corrected chi connectivity index (χ4v) is 2.85. The fraction of sp³-hybridized carbons (Fsp3) is 0.923. The lowest BCUT2D eigenvalue weighted by Crippen LogP contribution is -2.52. The lowest BCUT2D eigenvalue weighted by molar-refractivity contribution is -0.151. The molecule has 0 aromatic heterocycles. The van der Waals surface area contributed by atoms with Gasteiger partial charge in [0.15, 0.2) is 0 Å². The Morgan fingerprint density at radius 1 is 1.15 bits per heavy atom. The fourth-order valence-electron chi connectivity index (χ4n) is 2.85. The van der Waals surface area contributed by atoms with Crippen LogP contribution in [0.5, 0.6) is 0 Å². The number of nitrogens with one attached hydrogen (secondary N) is 1. The summed E-state index contributed by atoms with van der Waals surface area (Å²) in [6.45, 7) is 1.51. The molecule has 2 fully saturated rings. The van der Waals surface area contributed by atoms with Crippen LogP contribution in [0.4, 0.5) is 13.2 Å². The predicted octanol–water partition coefficient (Wildman–Crippen LogP) is 1.23. The van der Waals surface area contributed by atoms with Crippen LogP contribution in [-0.2, 0) is 4.79 Å². The van der Waals surface area contributed by atoms with E-state index >= 15 is 0 Å². The molecule has 2 saturated heterocycles. The number of amides is 1. The van der Waals surface area contributed by atoms with Crippen LogP contribution in [0, 0.1) is 0 Å². The van der Waals surface area contributed by atoms with Gasteiger partial charge in [-0.1, -0.05) is 6.42 Å². The third kappa shape index (κ3) is 4.94. The quantitative estimate of drug-likeness (QED) is 0.850. The molecule has 1 atom stereocenters. The van der Waals surface area contributed by atoms with Gasteiger partial charge in [0.25, 0.3) is 0 Å². The SMILES string of the molecule is O=C(CC1CCCCN1)N1CCN(CC(F)(F)F)CC1. The molecule has 2 heterocycles. The summed E-state index contributed by atoms with van der Waals surface area (Å²) in [5, 5.41) is 3.32. The molecule has 0 saturated carbocycles. The van der Waals surface area contributed by atoms with Crippen molar-refractivity contribution in [2.45, 2.75) is 37.9 Å². The molecule has 2 aliphatic heterocycles. The molecule has 0 aromatic rings. The standard InChI is InChI=1S/C13H22F3N3O/c14-13(15,16)10-18-5-7-19(8-6-18)12(20)9-11-3-1-2-4-17-11/h11,17H,1-10H2. The van der Waals surface area contributed by atoms with E-state index in [1.807, 2.05) is 0 Å². The van der Waals surface area contributed by atoms with Crippen molar-refractivity contribution in [1.29, 1.82) is 0 Å². The van der Waals surface area contributed by atoms with E-state index in [9.17, 15) is 18.0 Å². The third-order valence-corrected chi connectivity index (χ3v) is 3.96. The van der Waals surface area contributed by atoms with E-state index in [-0.39, 0.29) is 11.9 Å². The van der Waals surface area contributed by atoms with E-state index in [2.05, 4.69) is 5.32 Å². The summed E-state index contributed by atoms with van der Waals surface area (Å²) >= 11 is 0. The zero-order valence-corrected chi connectivity index (χ0v) is 11.6. The van der Waals surface area contributed by atoms with E-state index in [1.54, 1.807) is 4.90 Å². The molecule has 1 unspecified atom stereocenters. The zero-order valence-electron chi connectivity index (χ0n) is 11.6. The highest BCUT2D eigenvalue weighted by Crippen LogP contribution is 2.18. The first-order chi connectivity index (χ1) is 9.44. The average Bonchev–Trinajstić information content (AvgIpc) is 2.39. The van der Waals surface area contributed by atoms with Gasteiger partial charge in [-0.15, -0.1) is 0 Å². The van der Waals surface area contributed by atoms with Crippen LogP contribution < -0.4 is 5.32 Å². The second-order valence-corrected chi connectivity index (χ2v) is 5.62. The molecule has 0 aromatic carbocycles. The van der Waals surface area contributed by atoms with Crippen LogP contribution >= 0.6 is 0 Å². The van der Waals surface area contributed by atoms with Crippen LogP contribution in [-0.4, -0.2) is 67.2 Å². The third-order valence-electron chi connectivity index (χ3n) is 3.96. The molecular weight excluding hydrogens is 271 g/mol. The zero-order chi connectivity index (χ0) is 14.6. The molecule has 1 N–H and O–H groups in total. The van der Waals surface area contributed by atoms with Gasteiger partial charge >= 0.3 is 6.18 Å². The van der Waals surface area contributed by atoms with Gasteiger partial charge < -0.3 is 10.2 Å². The number of hydrogen-bond donors (Lipinski definition) is 1. The van der Waals surface area contributed by atoms with E-state index in [4.69, 9.17) is 0 Å². The highest BCUT2D eigenvalue weighted by Gasteiger charge is 2.33. The van der Waals surface area contributed by atoms with Gasteiger partial charge in [0.1, 0.15) is 0 Å². The number of piperazine rings is 1. The summed E-state index contributed by atoms with van der Waals surface area (Å²) in [6.07, 6.45) is -0.373. The van der Waals surface area contributed by atoms with Crippen molar-refractivity contribution in [1.82, 2.24) is 15.1 Å². The molecule has 0 spiro atoms. The maximum Gasteiger partial charge on any atom is 0.401 e. The van der Waals surface area contributed by atoms with Gasteiger partial charge in [0, 0.05) is 38.6 Å². The largest absolute Gasteiger partial charge is 0.401 e. The lowest BCUT2D eigenvalue weighted by Gasteiger charge is -2.36. The number of piperidine rings is 1. The molecule has 4 nitrogen and oxygen atoms in total. The van der Waals surface area contributed by atoms with Crippen LogP contribution in [0.1, 0.15) is 25.7 Å². The van der Waals surface area contributed by atoms with Crippen LogP contribution in [0.15, 0.2) is 0 Å². The Morgan fingerprint density at radius 3 is 2.40 bits per heavy atom. The van der Waals surface area contributed by atoms with Crippen LogP contribution in [0.2, 0.25) is 0 Å². The number of nitrogens with zero attached hydrogens (tertiary/aromatic N) is 2. The number of hydrogen-bond acceptors (Lipinski definition) is 3. The number of rotatable bonds is 3. The van der Waals surface area contributed by atoms with Gasteiger partial charge in [0.2, 0.25) is 5.91 Å². The Kier molecular flexibility index (Phi) is 5.26. The van der Waals surface area contributed by atoms with Crippen molar-refractivity contribution >= 4 is 5.91 Å². The topological polar surface area (TPSA) is 35.6 Å². The minimum atomic E-state index is -4.15. The second kappa shape index (κ2) is 6.76. The molecule has 0 aliphatic carbocycles. The minimum absolute atomic E-state index is 0.0658. The number of carbonyl (C=O) groups excluding carboxylic acids is 1. The molecule has 116 valence electrons. The maximum atomic E-state index is 12.3. The summed E-state index contributed by atoms with van der Waals surface area (Å²) in [5.74, 6) is 0.0658. The Bertz CT molecular complexity index is 321. The second-order valence-electron chi connectivity index (χ2n) is 5.62. The predicted molar refractivity (Wildman–Crippen MR) is 69.3 cm³/mol. The highest BCUT2D eigenvalue weighted by atomic mass is 19.4. The van der Waals surface area contributed by atoms with Crippen molar-refractivity contribution in [3.05, 3.63) is 0 Å². The Labute approximate surface area is 117 Å². The molecule has 2 aliphatic rings. The molecule has 0 radical (unpaired) electrons. The van der Waals surface area contributed by atoms with Crippen molar-refractivity contribution in [2.75, 3.05) is 39.3 Å². The summed E-state index contributed by atoms with van der Waals surface area (Å²) in [4.78, 5) is 15.2. The Balaban J connectivity index is 1.71. The normalized spacial score (nSPS) is 25.8. The smallest absolute Gasteiger partial charge is 0.340 e. The maximum absolute atomic E-state index is 12.3. The minimum Gasteiger partial charge on any atom is -0.340 e. The molecule has 7 heteroatoms. The molecule has 0 bridgehead atoms. The summed E-state index contributed by atoms with van der Waals surface area (Å²) < 4.78 is 36.8. The lowest BCUT2D eigenvalue weighted by atomic mass is 10.0. The van der Waals surface area contributed by atoms with Gasteiger partial charge in [0.05, 0.1) is 6.54 Å². The van der Waals surface area contributed by atoms with Crippen LogP contribution in [0.3, 0.4) is 0 Å². The van der Waals surface area contributed by atoms with E-state index in [1.165, 1.54) is 4.90 Å². The van der Waals surface area contributed by atoms with Crippen molar-refractivity contribution in [3.63, 3.8) is 0 Å². The summed E-state index contributed by atoms with van der Waals surface area (Å²) in [6, 6.07) is 0.240. The number of carbonyl (C=O) groups is 1. The van der Waals surface area contributed by atoms with Gasteiger partial charge in [-0.25, -0.2) is 0 Å². The first kappa shape index (κ1) is 15.6. The summed E-state index contributed by atoms with van der Waals surface area (Å²) in [5.41, 5.74) is 0. The number of halogens is 3. The Morgan fingerprint density at radius 2 is 1.85 bits per heavy atom. The first-order valence-electron chi connectivity index (χ1n) is 7.24. The summed E-state index contributed by atoms with van der Waals surface area (Å²) in [7, 11) is 0. The van der Waals surface area contributed by atoms with Crippen molar-refractivity contribution in [3.8, 4) is 0 Å². The highest BCUT2D eigenvalue weighted by molar-refractivity contribution is 5.77. The van der Waals surface area contributed by atoms with Crippen molar-refractivity contribution in [2.24, 2.45) is 0 Å². The van der Waals surface area contributed by atoms with E-state index in [0.29, 0.717) is 32.6 Å². The average molecular weight is 293 g/mol. The Hall–Kier alpha value is -0.820. The van der Waals surface area contributed by atoms with Crippen molar-refractivity contribution < 1.29 is 18.0 Å². The van der Waals surface area contributed by atoms with Gasteiger partial charge in [-0.05, 0) is 19.4 Å². The van der Waals surface area contributed by atoms with E-state index < -0.39 is 12.7 Å². The van der Waals surface area contributed by atoms with E-state index in [0.717, 1.165) is 25.8 Å². The molecule has 1 amide bonds. The molecule has 2 rings (SSSR count). The van der Waals surface area contributed by atoms with Gasteiger partial charge in [-0.3, -0.25) is 9.69 Å². The first-order valence-corrected chi connectivity index (χ1v) is 7.24. The number of alkyl halides is 3. The molecular formula is C13H22F3N3O. The van der Waals surface area contributed by atoms with Crippen LogP contribution in [0.25, 0.3) is 0 Å². The monoisotopic (exact) mass is 293 g/mol.